The van der Waals surface area contributed by atoms with Gasteiger partial charge >= 0.3 is 5.97 Å². The van der Waals surface area contributed by atoms with E-state index in [1.807, 2.05) is 25.1 Å². The normalized spacial score (nSPS) is 28.4. The fourth-order valence-corrected chi connectivity index (χ4v) is 3.69. The molecule has 0 spiro atoms. The van der Waals surface area contributed by atoms with Gasteiger partial charge in [0.1, 0.15) is 6.07 Å². The van der Waals surface area contributed by atoms with Crippen molar-refractivity contribution in [3.8, 4) is 6.07 Å². The summed E-state index contributed by atoms with van der Waals surface area (Å²) in [6.45, 7) is 1.99. The van der Waals surface area contributed by atoms with E-state index in [-0.39, 0.29) is 18.0 Å². The molecule has 0 aliphatic carbocycles. The number of benzene rings is 1. The minimum Gasteiger partial charge on any atom is -0.481 e. The predicted molar refractivity (Wildman–Crippen MR) is 70.9 cm³/mol. The molecular weight excluding hydrogens is 240 g/mol. The third kappa shape index (κ3) is 1.69. The van der Waals surface area contributed by atoms with Crippen molar-refractivity contribution in [2.45, 2.75) is 38.3 Å². The molecule has 1 aromatic rings. The average Bonchev–Trinajstić information content (AvgIpc) is 2.95. The van der Waals surface area contributed by atoms with Crippen LogP contribution in [-0.4, -0.2) is 23.2 Å². The zero-order valence-corrected chi connectivity index (χ0v) is 10.8. The van der Waals surface area contributed by atoms with Crippen molar-refractivity contribution in [1.29, 1.82) is 5.26 Å². The molecule has 2 aliphatic rings. The fraction of sp³-hybridized carbons (Fsp3) is 0.467. The Kier molecular flexibility index (Phi) is 2.70. The van der Waals surface area contributed by atoms with Crippen LogP contribution in [0.5, 0.6) is 0 Å². The molecule has 1 aromatic carbocycles. The summed E-state index contributed by atoms with van der Waals surface area (Å²) < 4.78 is 0. The lowest BCUT2D eigenvalue weighted by Gasteiger charge is -2.28. The van der Waals surface area contributed by atoms with E-state index in [9.17, 15) is 15.2 Å². The molecule has 0 radical (unpaired) electrons. The van der Waals surface area contributed by atoms with Gasteiger partial charge in [0.2, 0.25) is 0 Å². The van der Waals surface area contributed by atoms with Crippen LogP contribution < -0.4 is 4.90 Å². The third-order valence-electron chi connectivity index (χ3n) is 4.47. The van der Waals surface area contributed by atoms with E-state index in [0.29, 0.717) is 12.0 Å². The van der Waals surface area contributed by atoms with E-state index in [1.54, 1.807) is 0 Å². The van der Waals surface area contributed by atoms with Gasteiger partial charge in [-0.15, -0.1) is 0 Å². The van der Waals surface area contributed by atoms with Gasteiger partial charge in [-0.25, -0.2) is 0 Å². The first-order valence-electron chi connectivity index (χ1n) is 6.64. The van der Waals surface area contributed by atoms with E-state index < -0.39 is 5.97 Å². The molecule has 0 aromatic heterocycles. The second-order valence-electron chi connectivity index (χ2n) is 5.47. The van der Waals surface area contributed by atoms with E-state index >= 15 is 0 Å². The number of carbonyl (C=O) groups is 1. The first-order chi connectivity index (χ1) is 9.13. The van der Waals surface area contributed by atoms with Crippen LogP contribution >= 0.6 is 0 Å². The number of aryl methyl sites for hydroxylation is 1. The van der Waals surface area contributed by atoms with Crippen LogP contribution in [0.15, 0.2) is 18.2 Å². The Bertz CT molecular complexity index is 576. The van der Waals surface area contributed by atoms with Crippen LogP contribution in [0.4, 0.5) is 5.69 Å². The van der Waals surface area contributed by atoms with Gasteiger partial charge in [0, 0.05) is 12.1 Å². The van der Waals surface area contributed by atoms with Gasteiger partial charge in [0.15, 0.2) is 0 Å². The Morgan fingerprint density at radius 3 is 2.89 bits per heavy atom. The number of carboxylic acid groups (broad SMARTS) is 1. The molecule has 2 heterocycles. The Morgan fingerprint density at radius 1 is 1.47 bits per heavy atom. The summed E-state index contributed by atoms with van der Waals surface area (Å²) in [6.07, 6.45) is 2.66. The molecule has 2 bridgehead atoms. The summed E-state index contributed by atoms with van der Waals surface area (Å²) in [5, 5.41) is 18.6. The highest BCUT2D eigenvalue weighted by Crippen LogP contribution is 2.46. The minimum atomic E-state index is -0.704. The van der Waals surface area contributed by atoms with Crippen molar-refractivity contribution in [2.24, 2.45) is 5.92 Å². The number of nitriles is 1. The summed E-state index contributed by atoms with van der Waals surface area (Å²) in [7, 11) is 0. The molecule has 19 heavy (non-hydrogen) atoms. The topological polar surface area (TPSA) is 64.3 Å². The van der Waals surface area contributed by atoms with Crippen LogP contribution in [-0.2, 0) is 4.79 Å². The van der Waals surface area contributed by atoms with Crippen LogP contribution in [0.25, 0.3) is 0 Å². The van der Waals surface area contributed by atoms with E-state index in [4.69, 9.17) is 0 Å². The van der Waals surface area contributed by atoms with Crippen LogP contribution in [0.2, 0.25) is 0 Å². The molecule has 1 N–H and O–H groups in total. The zero-order chi connectivity index (χ0) is 13.6. The van der Waals surface area contributed by atoms with Crippen molar-refractivity contribution >= 4 is 11.7 Å². The summed E-state index contributed by atoms with van der Waals surface area (Å²) in [4.78, 5) is 13.5. The smallest absolute Gasteiger partial charge is 0.308 e. The van der Waals surface area contributed by atoms with Crippen molar-refractivity contribution < 1.29 is 9.90 Å². The second kappa shape index (κ2) is 4.27. The Hall–Kier alpha value is -2.02. The molecule has 2 saturated heterocycles. The number of nitrogens with zero attached hydrogens (tertiary/aromatic N) is 2. The summed E-state index contributed by atoms with van der Waals surface area (Å²) >= 11 is 0. The van der Waals surface area contributed by atoms with E-state index in [1.165, 1.54) is 0 Å². The van der Waals surface area contributed by atoms with Crippen molar-refractivity contribution in [3.05, 3.63) is 29.3 Å². The molecule has 3 atom stereocenters. The number of carboxylic acids is 1. The lowest BCUT2D eigenvalue weighted by atomic mass is 9.89. The van der Waals surface area contributed by atoms with Gasteiger partial charge in [-0.3, -0.25) is 4.79 Å². The maximum atomic E-state index is 11.3. The van der Waals surface area contributed by atoms with Crippen LogP contribution in [0.1, 0.15) is 30.4 Å². The summed E-state index contributed by atoms with van der Waals surface area (Å²) in [5.74, 6) is -0.991. The maximum Gasteiger partial charge on any atom is 0.308 e. The Balaban J connectivity index is 2.05. The lowest BCUT2D eigenvalue weighted by Crippen LogP contribution is -2.33. The largest absolute Gasteiger partial charge is 0.481 e. The quantitative estimate of drug-likeness (QED) is 0.881. The summed E-state index contributed by atoms with van der Waals surface area (Å²) in [6, 6.07) is 8.25. The highest BCUT2D eigenvalue weighted by molar-refractivity contribution is 5.76. The van der Waals surface area contributed by atoms with Gasteiger partial charge in [-0.2, -0.15) is 5.26 Å². The van der Waals surface area contributed by atoms with Gasteiger partial charge < -0.3 is 10.0 Å². The molecule has 3 unspecified atom stereocenters. The Morgan fingerprint density at radius 2 is 2.26 bits per heavy atom. The Labute approximate surface area is 112 Å². The number of hydrogen-bond acceptors (Lipinski definition) is 3. The van der Waals surface area contributed by atoms with Gasteiger partial charge in [0.05, 0.1) is 17.2 Å². The van der Waals surface area contributed by atoms with Gasteiger partial charge in [0.25, 0.3) is 0 Å². The van der Waals surface area contributed by atoms with Gasteiger partial charge in [-0.1, -0.05) is 12.1 Å². The monoisotopic (exact) mass is 256 g/mol. The number of fused-ring (bicyclic) bond motifs is 2. The van der Waals surface area contributed by atoms with Gasteiger partial charge in [-0.05, 0) is 37.8 Å². The summed E-state index contributed by atoms with van der Waals surface area (Å²) in [5.41, 5.74) is 2.66. The molecule has 2 aliphatic heterocycles. The van der Waals surface area contributed by atoms with Crippen molar-refractivity contribution in [2.75, 3.05) is 4.90 Å². The maximum absolute atomic E-state index is 11.3. The number of hydrogen-bond donors (Lipinski definition) is 1. The molecular formula is C15H16N2O2. The standard InChI is InChI=1S/C15H16N2O2/c1-9-3-2-4-10(8-16)14(9)17-11-5-6-13(17)12(7-11)15(18)19/h2-4,11-13H,5-7H2,1H3,(H,18,19). The molecule has 4 heteroatoms. The molecule has 0 amide bonds. The first kappa shape index (κ1) is 12.0. The average molecular weight is 256 g/mol. The van der Waals surface area contributed by atoms with E-state index in [2.05, 4.69) is 11.0 Å². The molecule has 4 nitrogen and oxygen atoms in total. The number of rotatable bonds is 2. The zero-order valence-electron chi connectivity index (χ0n) is 10.8. The molecule has 2 fully saturated rings. The molecule has 98 valence electrons. The lowest BCUT2D eigenvalue weighted by molar-refractivity contribution is -0.142. The van der Waals surface area contributed by atoms with Crippen molar-refractivity contribution in [3.63, 3.8) is 0 Å². The van der Waals surface area contributed by atoms with E-state index in [0.717, 1.165) is 24.1 Å². The SMILES string of the molecule is Cc1cccc(C#N)c1N1C2CCC1C(C(=O)O)C2. The second-order valence-corrected chi connectivity index (χ2v) is 5.47. The van der Waals surface area contributed by atoms with Crippen molar-refractivity contribution in [1.82, 2.24) is 0 Å². The highest BCUT2D eigenvalue weighted by Gasteiger charge is 2.50. The predicted octanol–water partition coefficient (Wildman–Crippen LogP) is 2.31. The molecule has 0 saturated carbocycles. The first-order valence-corrected chi connectivity index (χ1v) is 6.64. The fourth-order valence-electron chi connectivity index (χ4n) is 3.69. The van der Waals surface area contributed by atoms with Crippen LogP contribution in [0, 0.1) is 24.2 Å². The molecule has 3 rings (SSSR count). The number of anilines is 1. The third-order valence-corrected chi connectivity index (χ3v) is 4.47. The highest BCUT2D eigenvalue weighted by atomic mass is 16.4. The minimum absolute atomic E-state index is 0.0516. The van der Waals surface area contributed by atoms with Crippen LogP contribution in [0.3, 0.4) is 0 Å². The number of aliphatic carboxylic acids is 1. The number of para-hydroxylation sites is 1.